The van der Waals surface area contributed by atoms with E-state index in [0.717, 1.165) is 0 Å². The monoisotopic (exact) mass is 372 g/mol. The molecule has 9 heteroatoms. The third-order valence-corrected chi connectivity index (χ3v) is 3.50. The average Bonchev–Trinajstić information content (AvgIpc) is 2.07. The van der Waals surface area contributed by atoms with Crippen LogP contribution in [0.4, 0.5) is 5.82 Å². The molecule has 2 N–H and O–H groups in total. The lowest BCUT2D eigenvalue weighted by molar-refractivity contribution is 0.575. The fourth-order valence-corrected chi connectivity index (χ4v) is 3.01. The molecule has 0 fully saturated rings. The van der Waals surface area contributed by atoms with Crippen molar-refractivity contribution in [2.24, 2.45) is 0 Å². The molecule has 16 heavy (non-hydrogen) atoms. The SMILES string of the molecule is CC(C)NS(=O)(=O)Nc1ncc(Br)nc1Br. The van der Waals surface area contributed by atoms with E-state index < -0.39 is 10.2 Å². The molecule has 0 aromatic carbocycles. The molecule has 0 unspecified atom stereocenters. The number of anilines is 1. The van der Waals surface area contributed by atoms with Crippen molar-refractivity contribution in [3.63, 3.8) is 0 Å². The average molecular weight is 374 g/mol. The van der Waals surface area contributed by atoms with Crippen LogP contribution in [0.1, 0.15) is 13.8 Å². The molecular weight excluding hydrogens is 364 g/mol. The molecular formula is C7H10Br2N4O2S. The normalized spacial score (nSPS) is 11.8. The second-order valence-electron chi connectivity index (χ2n) is 3.21. The van der Waals surface area contributed by atoms with Crippen LogP contribution < -0.4 is 9.44 Å². The lowest BCUT2D eigenvalue weighted by Crippen LogP contribution is -2.35. The van der Waals surface area contributed by atoms with Gasteiger partial charge in [-0.15, -0.1) is 0 Å². The highest BCUT2D eigenvalue weighted by Crippen LogP contribution is 2.19. The highest BCUT2D eigenvalue weighted by molar-refractivity contribution is 9.11. The summed E-state index contributed by atoms with van der Waals surface area (Å²) in [4.78, 5) is 7.84. The summed E-state index contributed by atoms with van der Waals surface area (Å²) >= 11 is 6.23. The second-order valence-corrected chi connectivity index (χ2v) is 6.22. The van der Waals surface area contributed by atoms with E-state index in [1.807, 2.05) is 0 Å². The summed E-state index contributed by atoms with van der Waals surface area (Å²) in [5.41, 5.74) is 0. The van der Waals surface area contributed by atoms with Crippen molar-refractivity contribution in [2.75, 3.05) is 4.72 Å². The van der Waals surface area contributed by atoms with E-state index in [2.05, 4.69) is 51.3 Å². The lowest BCUT2D eigenvalue weighted by Gasteiger charge is -2.11. The van der Waals surface area contributed by atoms with E-state index in [1.165, 1.54) is 6.20 Å². The van der Waals surface area contributed by atoms with E-state index in [9.17, 15) is 8.42 Å². The Morgan fingerprint density at radius 3 is 2.50 bits per heavy atom. The molecule has 1 aromatic rings. The quantitative estimate of drug-likeness (QED) is 0.840. The summed E-state index contributed by atoms with van der Waals surface area (Å²) in [5.74, 6) is 0.136. The van der Waals surface area contributed by atoms with Gasteiger partial charge in [0.05, 0.1) is 6.20 Å². The molecule has 0 radical (unpaired) electrons. The maximum absolute atomic E-state index is 11.5. The van der Waals surface area contributed by atoms with Gasteiger partial charge in [-0.3, -0.25) is 4.72 Å². The zero-order valence-electron chi connectivity index (χ0n) is 8.53. The number of hydrogen-bond acceptors (Lipinski definition) is 4. The first-order chi connectivity index (χ1) is 7.30. The van der Waals surface area contributed by atoms with Crippen LogP contribution in [-0.4, -0.2) is 24.4 Å². The predicted molar refractivity (Wildman–Crippen MR) is 68.2 cm³/mol. The van der Waals surface area contributed by atoms with Gasteiger partial charge in [0.25, 0.3) is 0 Å². The molecule has 0 atom stereocenters. The molecule has 1 rings (SSSR count). The molecule has 6 nitrogen and oxygen atoms in total. The van der Waals surface area contributed by atoms with Gasteiger partial charge in [0.15, 0.2) is 10.4 Å². The van der Waals surface area contributed by atoms with Crippen molar-refractivity contribution in [1.82, 2.24) is 14.7 Å². The minimum atomic E-state index is -3.62. The maximum atomic E-state index is 11.5. The van der Waals surface area contributed by atoms with Gasteiger partial charge in [0, 0.05) is 6.04 Å². The first-order valence-electron chi connectivity index (χ1n) is 4.28. The van der Waals surface area contributed by atoms with Crippen LogP contribution in [0.25, 0.3) is 0 Å². The van der Waals surface area contributed by atoms with Gasteiger partial charge < -0.3 is 0 Å². The van der Waals surface area contributed by atoms with Crippen molar-refractivity contribution in [3.8, 4) is 0 Å². The number of nitrogens with zero attached hydrogens (tertiary/aromatic N) is 2. The van der Waals surface area contributed by atoms with Crippen molar-refractivity contribution in [3.05, 3.63) is 15.4 Å². The van der Waals surface area contributed by atoms with Crippen LogP contribution in [0.5, 0.6) is 0 Å². The molecule has 1 aromatic heterocycles. The minimum Gasteiger partial charge on any atom is -0.252 e. The van der Waals surface area contributed by atoms with E-state index in [0.29, 0.717) is 9.21 Å². The van der Waals surface area contributed by atoms with Crippen molar-refractivity contribution < 1.29 is 8.42 Å². The molecule has 0 aliphatic heterocycles. The molecule has 0 bridgehead atoms. The molecule has 1 heterocycles. The summed E-state index contributed by atoms with van der Waals surface area (Å²) in [6, 6.07) is -0.195. The Morgan fingerprint density at radius 1 is 1.38 bits per heavy atom. The van der Waals surface area contributed by atoms with Crippen molar-refractivity contribution in [2.45, 2.75) is 19.9 Å². The van der Waals surface area contributed by atoms with Gasteiger partial charge in [-0.2, -0.15) is 13.1 Å². The van der Waals surface area contributed by atoms with Gasteiger partial charge in [-0.25, -0.2) is 9.97 Å². The Labute approximate surface area is 111 Å². The molecule has 0 aliphatic carbocycles. The molecule has 0 aliphatic rings. The van der Waals surface area contributed by atoms with Crippen molar-refractivity contribution >= 4 is 47.9 Å². The smallest absolute Gasteiger partial charge is 0.252 e. The van der Waals surface area contributed by atoms with Gasteiger partial charge in [-0.1, -0.05) is 0 Å². The molecule has 90 valence electrons. The van der Waals surface area contributed by atoms with E-state index >= 15 is 0 Å². The Morgan fingerprint density at radius 2 is 2.00 bits per heavy atom. The van der Waals surface area contributed by atoms with Crippen LogP contribution in [0.3, 0.4) is 0 Å². The van der Waals surface area contributed by atoms with Gasteiger partial charge >= 0.3 is 10.2 Å². The lowest BCUT2D eigenvalue weighted by atomic mass is 10.4. The summed E-state index contributed by atoms with van der Waals surface area (Å²) in [7, 11) is -3.62. The van der Waals surface area contributed by atoms with Crippen molar-refractivity contribution in [1.29, 1.82) is 0 Å². The first-order valence-corrected chi connectivity index (χ1v) is 7.35. The predicted octanol–water partition coefficient (Wildman–Crippen LogP) is 1.66. The van der Waals surface area contributed by atoms with Crippen LogP contribution >= 0.6 is 31.9 Å². The molecule has 0 saturated heterocycles. The number of rotatable bonds is 4. The molecule has 0 amide bonds. The fourth-order valence-electron chi connectivity index (χ4n) is 0.882. The third-order valence-electron chi connectivity index (χ3n) is 1.32. The second kappa shape index (κ2) is 5.39. The van der Waals surface area contributed by atoms with E-state index in [1.54, 1.807) is 13.8 Å². The number of halogens is 2. The van der Waals surface area contributed by atoms with Crippen LogP contribution in [0, 0.1) is 0 Å². The van der Waals surface area contributed by atoms with Gasteiger partial charge in [0.2, 0.25) is 0 Å². The van der Waals surface area contributed by atoms with Crippen LogP contribution in [0.15, 0.2) is 15.4 Å². The van der Waals surface area contributed by atoms with E-state index in [4.69, 9.17) is 0 Å². The van der Waals surface area contributed by atoms with Crippen LogP contribution in [0.2, 0.25) is 0 Å². The highest BCUT2D eigenvalue weighted by atomic mass is 79.9. The largest absolute Gasteiger partial charge is 0.300 e. The maximum Gasteiger partial charge on any atom is 0.300 e. The zero-order valence-corrected chi connectivity index (χ0v) is 12.5. The molecule has 0 saturated carbocycles. The third kappa shape index (κ3) is 4.32. The zero-order chi connectivity index (χ0) is 12.3. The van der Waals surface area contributed by atoms with E-state index in [-0.39, 0.29) is 11.9 Å². The summed E-state index contributed by atoms with van der Waals surface area (Å²) in [6.45, 7) is 3.45. The standard InChI is InChI=1S/C7H10Br2N4O2S/c1-4(2)12-16(14,15)13-7-6(9)11-5(8)3-10-7/h3-4,12H,1-2H3,(H,10,13). The Hall–Kier alpha value is -0.250. The summed E-state index contributed by atoms with van der Waals surface area (Å²) in [5, 5.41) is 0. The number of nitrogens with one attached hydrogen (secondary N) is 2. The fraction of sp³-hybridized carbons (Fsp3) is 0.429. The topological polar surface area (TPSA) is 84.0 Å². The number of aromatic nitrogens is 2. The Kier molecular flexibility index (Phi) is 4.65. The number of hydrogen-bond donors (Lipinski definition) is 2. The minimum absolute atomic E-state index is 0.136. The first kappa shape index (κ1) is 13.8. The van der Waals surface area contributed by atoms with Crippen LogP contribution in [-0.2, 0) is 10.2 Å². The summed E-state index contributed by atoms with van der Waals surface area (Å²) in [6.07, 6.45) is 1.40. The Bertz CT molecular complexity index is 477. The van der Waals surface area contributed by atoms with Gasteiger partial charge in [0.1, 0.15) is 4.60 Å². The highest BCUT2D eigenvalue weighted by Gasteiger charge is 2.14. The Balaban J connectivity index is 2.88. The molecule has 0 spiro atoms. The summed E-state index contributed by atoms with van der Waals surface area (Å²) < 4.78 is 28.5. The van der Waals surface area contributed by atoms with Gasteiger partial charge in [-0.05, 0) is 45.7 Å².